The van der Waals surface area contributed by atoms with Crippen LogP contribution >= 0.6 is 11.6 Å². The smallest absolute Gasteiger partial charge is 0.338 e. The molecule has 0 aliphatic heterocycles. The molecule has 8 heteroatoms. The minimum atomic E-state index is -0.680. The van der Waals surface area contributed by atoms with Crippen LogP contribution in [0, 0.1) is 10.1 Å². The van der Waals surface area contributed by atoms with E-state index in [2.05, 4.69) is 0 Å². The third-order valence-electron chi connectivity index (χ3n) is 3.01. The molecule has 2 aromatic carbocycles. The van der Waals surface area contributed by atoms with Gasteiger partial charge in [0.2, 0.25) is 0 Å². The largest absolute Gasteiger partial charge is 0.490 e. The van der Waals surface area contributed by atoms with Crippen molar-refractivity contribution in [3.05, 3.63) is 63.2 Å². The monoisotopic (exact) mass is 351 g/mol. The van der Waals surface area contributed by atoms with E-state index >= 15 is 0 Å². The van der Waals surface area contributed by atoms with Gasteiger partial charge >= 0.3 is 11.7 Å². The predicted octanol–water partition coefficient (Wildman–Crippen LogP) is 3.49. The Morgan fingerprint density at radius 3 is 2.50 bits per heavy atom. The summed E-state index contributed by atoms with van der Waals surface area (Å²) < 4.78 is 15.3. The van der Waals surface area contributed by atoms with Crippen LogP contribution in [0.15, 0.2) is 42.5 Å². The van der Waals surface area contributed by atoms with E-state index in [0.717, 1.165) is 6.07 Å². The molecule has 0 heterocycles. The molecule has 0 saturated carbocycles. The summed E-state index contributed by atoms with van der Waals surface area (Å²) in [5, 5.41) is 11.5. The zero-order valence-electron chi connectivity index (χ0n) is 12.7. The summed E-state index contributed by atoms with van der Waals surface area (Å²) in [5.41, 5.74) is -0.238. The van der Waals surface area contributed by atoms with E-state index in [0.29, 0.717) is 10.8 Å². The third-order valence-corrected chi connectivity index (χ3v) is 3.26. The lowest BCUT2D eigenvalue weighted by atomic mass is 10.2. The first-order chi connectivity index (χ1) is 11.5. The standard InChI is InChI=1S/C16H14ClNO6/c1-22-15-7-2-11(10-14(15)18(20)21)16(19)24-9-8-23-13-5-3-12(17)4-6-13/h2-7,10H,8-9H2,1H3. The second-order valence-electron chi connectivity index (χ2n) is 4.58. The Kier molecular flexibility index (Phi) is 5.97. The van der Waals surface area contributed by atoms with Gasteiger partial charge in [-0.1, -0.05) is 11.6 Å². The fourth-order valence-electron chi connectivity index (χ4n) is 1.87. The number of nitrogens with zero attached hydrogens (tertiary/aromatic N) is 1. The van der Waals surface area contributed by atoms with E-state index in [1.807, 2.05) is 0 Å². The molecule has 2 rings (SSSR count). The van der Waals surface area contributed by atoms with Gasteiger partial charge in [0.1, 0.15) is 19.0 Å². The van der Waals surface area contributed by atoms with Crippen molar-refractivity contribution in [3.63, 3.8) is 0 Å². The van der Waals surface area contributed by atoms with Gasteiger partial charge in [-0.05, 0) is 36.4 Å². The lowest BCUT2D eigenvalue weighted by Gasteiger charge is -2.08. The Morgan fingerprint density at radius 2 is 1.88 bits per heavy atom. The molecular formula is C16H14ClNO6. The summed E-state index contributed by atoms with van der Waals surface area (Å²) in [6.07, 6.45) is 0. The number of carbonyl (C=O) groups is 1. The lowest BCUT2D eigenvalue weighted by molar-refractivity contribution is -0.385. The molecule has 0 radical (unpaired) electrons. The fraction of sp³-hybridized carbons (Fsp3) is 0.188. The van der Waals surface area contributed by atoms with Gasteiger partial charge in [-0.25, -0.2) is 4.79 Å². The molecule has 0 aliphatic carbocycles. The first-order valence-electron chi connectivity index (χ1n) is 6.89. The van der Waals surface area contributed by atoms with Gasteiger partial charge in [0.25, 0.3) is 0 Å². The summed E-state index contributed by atoms with van der Waals surface area (Å²) in [6.45, 7) is 0.146. The summed E-state index contributed by atoms with van der Waals surface area (Å²) in [6, 6.07) is 10.6. The zero-order valence-corrected chi connectivity index (χ0v) is 13.5. The number of benzene rings is 2. The summed E-state index contributed by atoms with van der Waals surface area (Å²) >= 11 is 5.76. The van der Waals surface area contributed by atoms with Gasteiger partial charge in [-0.2, -0.15) is 0 Å². The van der Waals surface area contributed by atoms with E-state index in [9.17, 15) is 14.9 Å². The van der Waals surface area contributed by atoms with Crippen molar-refractivity contribution in [2.24, 2.45) is 0 Å². The molecule has 0 saturated heterocycles. The van der Waals surface area contributed by atoms with Crippen LogP contribution in [0.4, 0.5) is 5.69 Å². The van der Waals surface area contributed by atoms with E-state index in [-0.39, 0.29) is 30.2 Å². The number of rotatable bonds is 7. The van der Waals surface area contributed by atoms with Crippen molar-refractivity contribution in [3.8, 4) is 11.5 Å². The van der Waals surface area contributed by atoms with Gasteiger partial charge in [0.15, 0.2) is 5.75 Å². The van der Waals surface area contributed by atoms with Gasteiger partial charge in [-0.15, -0.1) is 0 Å². The first kappa shape index (κ1) is 17.6. The molecule has 126 valence electrons. The number of ether oxygens (including phenoxy) is 3. The molecule has 24 heavy (non-hydrogen) atoms. The Bertz CT molecular complexity index is 732. The lowest BCUT2D eigenvalue weighted by Crippen LogP contribution is -2.12. The summed E-state index contributed by atoms with van der Waals surface area (Å²) in [5.74, 6) is -0.0152. The maximum Gasteiger partial charge on any atom is 0.338 e. The maximum absolute atomic E-state index is 11.9. The van der Waals surface area contributed by atoms with Gasteiger partial charge in [0.05, 0.1) is 17.6 Å². The predicted molar refractivity (Wildman–Crippen MR) is 86.9 cm³/mol. The quantitative estimate of drug-likeness (QED) is 0.328. The number of nitro benzene ring substituents is 1. The van der Waals surface area contributed by atoms with Crippen LogP contribution in [-0.2, 0) is 4.74 Å². The molecule has 0 aliphatic rings. The van der Waals surface area contributed by atoms with Crippen molar-refractivity contribution in [2.45, 2.75) is 0 Å². The Hall–Kier alpha value is -2.80. The Morgan fingerprint density at radius 1 is 1.17 bits per heavy atom. The van der Waals surface area contributed by atoms with Crippen LogP contribution < -0.4 is 9.47 Å². The molecule has 0 atom stereocenters. The molecule has 7 nitrogen and oxygen atoms in total. The second-order valence-corrected chi connectivity index (χ2v) is 5.02. The van der Waals surface area contributed by atoms with E-state index < -0.39 is 10.9 Å². The number of esters is 1. The molecule has 0 bridgehead atoms. The second kappa shape index (κ2) is 8.16. The van der Waals surface area contributed by atoms with Crippen LogP contribution in [-0.4, -0.2) is 31.2 Å². The van der Waals surface area contributed by atoms with Crippen LogP contribution in [0.3, 0.4) is 0 Å². The van der Waals surface area contributed by atoms with Crippen molar-refractivity contribution < 1.29 is 23.9 Å². The topological polar surface area (TPSA) is 87.9 Å². The van der Waals surface area contributed by atoms with Crippen molar-refractivity contribution in [1.82, 2.24) is 0 Å². The Labute approximate surface area is 142 Å². The summed E-state index contributed by atoms with van der Waals surface area (Å²) in [7, 11) is 1.31. The van der Waals surface area contributed by atoms with Crippen LogP contribution in [0.1, 0.15) is 10.4 Å². The average molecular weight is 352 g/mol. The maximum atomic E-state index is 11.9. The van der Waals surface area contributed by atoms with E-state index in [1.54, 1.807) is 24.3 Å². The van der Waals surface area contributed by atoms with Crippen LogP contribution in [0.25, 0.3) is 0 Å². The average Bonchev–Trinajstić information content (AvgIpc) is 2.59. The van der Waals surface area contributed by atoms with Gasteiger partial charge in [-0.3, -0.25) is 10.1 Å². The molecule has 0 amide bonds. The third kappa shape index (κ3) is 4.60. The molecule has 0 aromatic heterocycles. The van der Waals surface area contributed by atoms with Crippen molar-refractivity contribution in [1.29, 1.82) is 0 Å². The van der Waals surface area contributed by atoms with Crippen molar-refractivity contribution in [2.75, 3.05) is 20.3 Å². The van der Waals surface area contributed by atoms with Crippen LogP contribution in [0.5, 0.6) is 11.5 Å². The first-order valence-corrected chi connectivity index (χ1v) is 7.27. The Balaban J connectivity index is 1.89. The number of hydrogen-bond donors (Lipinski definition) is 0. The fourth-order valence-corrected chi connectivity index (χ4v) is 1.99. The number of halogens is 1. The SMILES string of the molecule is COc1ccc(C(=O)OCCOc2ccc(Cl)cc2)cc1[N+](=O)[O-]. The number of carbonyl (C=O) groups excluding carboxylic acids is 1. The number of nitro groups is 1. The molecule has 0 fully saturated rings. The minimum absolute atomic E-state index is 0.00128. The molecular weight excluding hydrogens is 338 g/mol. The van der Waals surface area contributed by atoms with E-state index in [1.165, 1.54) is 19.2 Å². The highest BCUT2D eigenvalue weighted by atomic mass is 35.5. The number of methoxy groups -OCH3 is 1. The minimum Gasteiger partial charge on any atom is -0.490 e. The van der Waals surface area contributed by atoms with Crippen molar-refractivity contribution >= 4 is 23.3 Å². The normalized spacial score (nSPS) is 10.1. The van der Waals surface area contributed by atoms with Crippen LogP contribution in [0.2, 0.25) is 5.02 Å². The highest BCUT2D eigenvalue weighted by Crippen LogP contribution is 2.27. The summed E-state index contributed by atoms with van der Waals surface area (Å²) in [4.78, 5) is 22.2. The molecule has 2 aromatic rings. The zero-order chi connectivity index (χ0) is 17.5. The van der Waals surface area contributed by atoms with Gasteiger partial charge in [0, 0.05) is 11.1 Å². The van der Waals surface area contributed by atoms with E-state index in [4.69, 9.17) is 25.8 Å². The highest BCUT2D eigenvalue weighted by Gasteiger charge is 2.18. The number of hydrogen-bond acceptors (Lipinski definition) is 6. The molecule has 0 unspecified atom stereocenters. The van der Waals surface area contributed by atoms with Gasteiger partial charge < -0.3 is 14.2 Å². The highest BCUT2D eigenvalue weighted by molar-refractivity contribution is 6.30. The molecule has 0 N–H and O–H groups in total. The molecule has 0 spiro atoms.